The van der Waals surface area contributed by atoms with Crippen molar-refractivity contribution in [2.45, 2.75) is 6.42 Å². The van der Waals surface area contributed by atoms with Gasteiger partial charge in [0.05, 0.1) is 5.02 Å². The van der Waals surface area contributed by atoms with Crippen molar-refractivity contribution in [3.05, 3.63) is 58.3 Å². The van der Waals surface area contributed by atoms with Crippen molar-refractivity contribution in [2.24, 2.45) is 5.73 Å². The highest BCUT2D eigenvalue weighted by molar-refractivity contribution is 6.34. The first kappa shape index (κ1) is 19.7. The quantitative estimate of drug-likeness (QED) is 0.572. The zero-order chi connectivity index (χ0) is 19.1. The Morgan fingerprint density at radius 3 is 2.42 bits per heavy atom. The van der Waals surface area contributed by atoms with Crippen LogP contribution in [0.2, 0.25) is 10.2 Å². The maximum Gasteiger partial charge on any atom is 0.359 e. The molecule has 0 unspecified atom stereocenters. The number of anilines is 1. The molecule has 0 radical (unpaired) electrons. The van der Waals surface area contributed by atoms with Gasteiger partial charge in [-0.2, -0.15) is 0 Å². The van der Waals surface area contributed by atoms with Crippen LogP contribution in [0.3, 0.4) is 0 Å². The normalized spacial score (nSPS) is 10.2. The van der Waals surface area contributed by atoms with Crippen LogP contribution in [0.25, 0.3) is 0 Å². The molecule has 0 spiro atoms. The molecule has 136 valence electrons. The second-order valence-electron chi connectivity index (χ2n) is 5.14. The number of hydrogen-bond acceptors (Lipinski definition) is 5. The molecule has 1 aromatic carbocycles. The molecular formula is C17H15Cl2N3O4. The SMILES string of the molecule is NC(=O)CCN(C(=O)COC(=O)c1nc(Cl)ccc1Cl)c1ccccc1. The Morgan fingerprint density at radius 2 is 1.77 bits per heavy atom. The number of aromatic nitrogens is 1. The van der Waals surface area contributed by atoms with E-state index in [0.29, 0.717) is 5.69 Å². The highest BCUT2D eigenvalue weighted by Crippen LogP contribution is 2.18. The van der Waals surface area contributed by atoms with E-state index >= 15 is 0 Å². The zero-order valence-corrected chi connectivity index (χ0v) is 15.0. The first-order chi connectivity index (χ1) is 12.4. The number of ether oxygens (including phenoxy) is 1. The average Bonchev–Trinajstić information content (AvgIpc) is 2.62. The van der Waals surface area contributed by atoms with Crippen molar-refractivity contribution in [1.82, 2.24) is 4.98 Å². The Balaban J connectivity index is 2.07. The predicted molar refractivity (Wildman–Crippen MR) is 97.1 cm³/mol. The zero-order valence-electron chi connectivity index (χ0n) is 13.5. The molecule has 26 heavy (non-hydrogen) atoms. The Kier molecular flexibility index (Phi) is 6.94. The summed E-state index contributed by atoms with van der Waals surface area (Å²) in [5.41, 5.74) is 5.52. The number of primary amides is 1. The van der Waals surface area contributed by atoms with Crippen LogP contribution in [0.5, 0.6) is 0 Å². The third-order valence-electron chi connectivity index (χ3n) is 3.28. The molecule has 0 aliphatic carbocycles. The van der Waals surface area contributed by atoms with Crippen LogP contribution < -0.4 is 10.6 Å². The van der Waals surface area contributed by atoms with Crippen LogP contribution in [0, 0.1) is 0 Å². The largest absolute Gasteiger partial charge is 0.451 e. The fourth-order valence-corrected chi connectivity index (χ4v) is 2.39. The average molecular weight is 396 g/mol. The Bertz CT molecular complexity index is 815. The lowest BCUT2D eigenvalue weighted by Gasteiger charge is -2.22. The first-order valence-corrected chi connectivity index (χ1v) is 8.27. The monoisotopic (exact) mass is 395 g/mol. The molecule has 1 heterocycles. The van der Waals surface area contributed by atoms with E-state index < -0.39 is 24.4 Å². The van der Waals surface area contributed by atoms with Crippen molar-refractivity contribution in [2.75, 3.05) is 18.1 Å². The van der Waals surface area contributed by atoms with Gasteiger partial charge in [0.1, 0.15) is 5.15 Å². The molecule has 1 aromatic heterocycles. The number of halogens is 2. The third-order valence-corrected chi connectivity index (χ3v) is 3.80. The molecule has 0 bridgehead atoms. The van der Waals surface area contributed by atoms with Crippen molar-refractivity contribution < 1.29 is 19.1 Å². The summed E-state index contributed by atoms with van der Waals surface area (Å²) in [4.78, 5) is 40.7. The van der Waals surface area contributed by atoms with Crippen molar-refractivity contribution in [3.63, 3.8) is 0 Å². The number of hydrogen-bond donors (Lipinski definition) is 1. The Morgan fingerprint density at radius 1 is 1.08 bits per heavy atom. The fourth-order valence-electron chi connectivity index (χ4n) is 2.06. The molecule has 0 fully saturated rings. The molecule has 2 amide bonds. The van der Waals surface area contributed by atoms with Gasteiger partial charge in [-0.3, -0.25) is 9.59 Å². The molecule has 2 aromatic rings. The molecule has 2 N–H and O–H groups in total. The summed E-state index contributed by atoms with van der Waals surface area (Å²) in [5, 5.41) is 0.125. The van der Waals surface area contributed by atoms with Crippen LogP contribution in [-0.2, 0) is 14.3 Å². The van der Waals surface area contributed by atoms with Crippen LogP contribution >= 0.6 is 23.2 Å². The molecule has 2 rings (SSSR count). The van der Waals surface area contributed by atoms with E-state index in [1.807, 2.05) is 0 Å². The van der Waals surface area contributed by atoms with Gasteiger partial charge in [-0.05, 0) is 24.3 Å². The summed E-state index contributed by atoms with van der Waals surface area (Å²) in [6.07, 6.45) is -0.0315. The number of benzene rings is 1. The van der Waals surface area contributed by atoms with E-state index in [2.05, 4.69) is 4.98 Å². The van der Waals surface area contributed by atoms with Crippen molar-refractivity contribution >= 4 is 46.7 Å². The molecule has 0 aliphatic rings. The number of para-hydroxylation sites is 1. The predicted octanol–water partition coefficient (Wildman–Crippen LogP) is 2.45. The number of pyridine rings is 1. The van der Waals surface area contributed by atoms with Crippen LogP contribution in [-0.4, -0.2) is 35.9 Å². The van der Waals surface area contributed by atoms with Crippen molar-refractivity contribution in [1.29, 1.82) is 0 Å². The Hall–Kier alpha value is -2.64. The molecular weight excluding hydrogens is 381 g/mol. The molecule has 7 nitrogen and oxygen atoms in total. The standard InChI is InChI=1S/C17H15Cl2N3O4/c18-12-6-7-13(19)21-16(12)17(25)26-10-15(24)22(9-8-14(20)23)11-4-2-1-3-5-11/h1-7H,8-10H2,(H2,20,23). The van der Waals surface area contributed by atoms with E-state index in [0.717, 1.165) is 0 Å². The summed E-state index contributed by atoms with van der Waals surface area (Å²) in [6.45, 7) is -0.497. The van der Waals surface area contributed by atoms with Gasteiger partial charge in [-0.1, -0.05) is 41.4 Å². The minimum Gasteiger partial charge on any atom is -0.451 e. The second-order valence-corrected chi connectivity index (χ2v) is 5.93. The summed E-state index contributed by atoms with van der Waals surface area (Å²) < 4.78 is 4.98. The molecule has 0 aliphatic heterocycles. The van der Waals surface area contributed by atoms with E-state index in [9.17, 15) is 14.4 Å². The van der Waals surface area contributed by atoms with E-state index in [1.165, 1.54) is 17.0 Å². The lowest BCUT2D eigenvalue weighted by atomic mass is 10.2. The second kappa shape index (κ2) is 9.17. The van der Waals surface area contributed by atoms with Gasteiger partial charge in [0, 0.05) is 18.7 Å². The smallest absolute Gasteiger partial charge is 0.359 e. The first-order valence-electron chi connectivity index (χ1n) is 7.51. The van der Waals surface area contributed by atoms with E-state index in [4.69, 9.17) is 33.7 Å². The Labute approximate surface area is 159 Å². The van der Waals surface area contributed by atoms with Gasteiger partial charge < -0.3 is 15.4 Å². The molecule has 0 saturated heterocycles. The maximum absolute atomic E-state index is 12.5. The lowest BCUT2D eigenvalue weighted by Crippen LogP contribution is -2.37. The number of esters is 1. The third kappa shape index (κ3) is 5.44. The summed E-state index contributed by atoms with van der Waals surface area (Å²) in [7, 11) is 0. The summed E-state index contributed by atoms with van der Waals surface area (Å²) >= 11 is 11.6. The van der Waals surface area contributed by atoms with Gasteiger partial charge in [-0.25, -0.2) is 9.78 Å². The van der Waals surface area contributed by atoms with E-state index in [-0.39, 0.29) is 28.8 Å². The number of nitrogens with two attached hydrogens (primary N) is 1. The van der Waals surface area contributed by atoms with Crippen molar-refractivity contribution in [3.8, 4) is 0 Å². The van der Waals surface area contributed by atoms with Gasteiger partial charge in [-0.15, -0.1) is 0 Å². The molecule has 0 atom stereocenters. The molecule has 0 saturated carbocycles. The summed E-state index contributed by atoms with van der Waals surface area (Å²) in [5.74, 6) is -1.96. The van der Waals surface area contributed by atoms with Gasteiger partial charge in [0.25, 0.3) is 5.91 Å². The number of carbonyl (C=O) groups excluding carboxylic acids is 3. The minimum atomic E-state index is -0.881. The number of amides is 2. The molecule has 9 heteroatoms. The minimum absolute atomic E-state index is 0.0315. The van der Waals surface area contributed by atoms with E-state index in [1.54, 1.807) is 30.3 Å². The van der Waals surface area contributed by atoms with Crippen LogP contribution in [0.15, 0.2) is 42.5 Å². The van der Waals surface area contributed by atoms with Gasteiger partial charge in [0.2, 0.25) is 5.91 Å². The summed E-state index contributed by atoms with van der Waals surface area (Å²) in [6, 6.07) is 11.5. The number of carbonyl (C=O) groups is 3. The highest BCUT2D eigenvalue weighted by atomic mass is 35.5. The van der Waals surface area contributed by atoms with Gasteiger partial charge >= 0.3 is 5.97 Å². The number of rotatable bonds is 7. The highest BCUT2D eigenvalue weighted by Gasteiger charge is 2.20. The number of nitrogens with zero attached hydrogens (tertiary/aromatic N) is 2. The van der Waals surface area contributed by atoms with Crippen LogP contribution in [0.4, 0.5) is 5.69 Å². The van der Waals surface area contributed by atoms with Crippen LogP contribution in [0.1, 0.15) is 16.9 Å². The fraction of sp³-hybridized carbons (Fsp3) is 0.176. The topological polar surface area (TPSA) is 103 Å². The van der Waals surface area contributed by atoms with Gasteiger partial charge in [0.15, 0.2) is 12.3 Å². The maximum atomic E-state index is 12.5. The lowest BCUT2D eigenvalue weighted by molar-refractivity contribution is -0.121.